The van der Waals surface area contributed by atoms with E-state index in [4.69, 9.17) is 0 Å². The Labute approximate surface area is 128 Å². The molecule has 0 spiro atoms. The molecule has 0 saturated heterocycles. The fourth-order valence-corrected chi connectivity index (χ4v) is 2.41. The number of aryl methyl sites for hydroxylation is 2. The molecule has 0 saturated carbocycles. The Hall–Kier alpha value is -2.76. The number of rotatable bonds is 3. The fraction of sp³-hybridized carbons (Fsp3) is 0.250. The molecule has 2 heterocycles. The van der Waals surface area contributed by atoms with Gasteiger partial charge in [-0.05, 0) is 38.0 Å². The Balaban J connectivity index is 1.84. The lowest BCUT2D eigenvalue weighted by Crippen LogP contribution is -2.28. The minimum atomic E-state index is -0.305. The molecular formula is C16H17N5O. The molecule has 0 aliphatic rings. The molecule has 3 aromatic rings. The summed E-state index contributed by atoms with van der Waals surface area (Å²) < 4.78 is 1.56. The Bertz CT molecular complexity index is 839. The molecule has 22 heavy (non-hydrogen) atoms. The monoisotopic (exact) mass is 295 g/mol. The SMILES string of the molecule is Cc1ccccc1C(C)NC(=O)c1nc2nccc(C)n2n1. The third kappa shape index (κ3) is 2.55. The smallest absolute Gasteiger partial charge is 0.291 e. The van der Waals surface area contributed by atoms with E-state index in [1.807, 2.05) is 51.1 Å². The summed E-state index contributed by atoms with van der Waals surface area (Å²) in [6.07, 6.45) is 1.65. The van der Waals surface area contributed by atoms with Crippen molar-refractivity contribution in [3.63, 3.8) is 0 Å². The van der Waals surface area contributed by atoms with E-state index in [1.165, 1.54) is 0 Å². The maximum absolute atomic E-state index is 12.3. The molecular weight excluding hydrogens is 278 g/mol. The van der Waals surface area contributed by atoms with Gasteiger partial charge in [-0.2, -0.15) is 4.98 Å². The lowest BCUT2D eigenvalue weighted by Gasteiger charge is -2.15. The van der Waals surface area contributed by atoms with Crippen LogP contribution >= 0.6 is 0 Å². The molecule has 0 fully saturated rings. The first-order valence-electron chi connectivity index (χ1n) is 7.11. The topological polar surface area (TPSA) is 72.2 Å². The molecule has 112 valence electrons. The summed E-state index contributed by atoms with van der Waals surface area (Å²) in [5.41, 5.74) is 3.09. The van der Waals surface area contributed by atoms with Crippen molar-refractivity contribution in [2.45, 2.75) is 26.8 Å². The van der Waals surface area contributed by atoms with Gasteiger partial charge in [0.25, 0.3) is 11.7 Å². The zero-order valence-corrected chi connectivity index (χ0v) is 12.7. The van der Waals surface area contributed by atoms with Crippen molar-refractivity contribution < 1.29 is 4.79 Å². The zero-order chi connectivity index (χ0) is 15.7. The first-order chi connectivity index (χ1) is 10.6. The molecule has 0 aliphatic carbocycles. The summed E-state index contributed by atoms with van der Waals surface area (Å²) in [6, 6.07) is 9.67. The van der Waals surface area contributed by atoms with Crippen LogP contribution in [0.3, 0.4) is 0 Å². The molecule has 0 radical (unpaired) electrons. The van der Waals surface area contributed by atoms with Gasteiger partial charge in [-0.3, -0.25) is 4.79 Å². The van der Waals surface area contributed by atoms with E-state index in [1.54, 1.807) is 10.7 Å². The molecule has 6 heteroatoms. The number of hydrogen-bond acceptors (Lipinski definition) is 4. The first-order valence-corrected chi connectivity index (χ1v) is 7.11. The zero-order valence-electron chi connectivity index (χ0n) is 12.7. The van der Waals surface area contributed by atoms with E-state index in [2.05, 4.69) is 20.4 Å². The highest BCUT2D eigenvalue weighted by Crippen LogP contribution is 2.17. The van der Waals surface area contributed by atoms with E-state index >= 15 is 0 Å². The second-order valence-corrected chi connectivity index (χ2v) is 5.29. The molecule has 0 aliphatic heterocycles. The van der Waals surface area contributed by atoms with Gasteiger partial charge in [0.05, 0.1) is 6.04 Å². The van der Waals surface area contributed by atoms with Crippen LogP contribution in [-0.4, -0.2) is 25.5 Å². The van der Waals surface area contributed by atoms with E-state index in [0.717, 1.165) is 16.8 Å². The number of aromatic nitrogens is 4. The lowest BCUT2D eigenvalue weighted by molar-refractivity contribution is 0.0929. The third-order valence-corrected chi connectivity index (χ3v) is 3.64. The van der Waals surface area contributed by atoms with Crippen molar-refractivity contribution in [1.82, 2.24) is 24.9 Å². The fourth-order valence-electron chi connectivity index (χ4n) is 2.41. The number of carbonyl (C=O) groups excluding carboxylic acids is 1. The predicted molar refractivity (Wildman–Crippen MR) is 82.6 cm³/mol. The highest BCUT2D eigenvalue weighted by Gasteiger charge is 2.17. The Morgan fingerprint density at radius 1 is 1.23 bits per heavy atom. The average molecular weight is 295 g/mol. The summed E-state index contributed by atoms with van der Waals surface area (Å²) in [6.45, 7) is 5.86. The normalized spacial score (nSPS) is 12.3. The van der Waals surface area contributed by atoms with Crippen molar-refractivity contribution in [3.8, 4) is 0 Å². The van der Waals surface area contributed by atoms with E-state index in [-0.39, 0.29) is 17.8 Å². The minimum absolute atomic E-state index is 0.116. The van der Waals surface area contributed by atoms with Crippen molar-refractivity contribution in [1.29, 1.82) is 0 Å². The molecule has 1 atom stereocenters. The first kappa shape index (κ1) is 14.2. The second-order valence-electron chi connectivity index (χ2n) is 5.29. The van der Waals surface area contributed by atoms with Crippen molar-refractivity contribution in [3.05, 3.63) is 59.2 Å². The molecule has 0 bridgehead atoms. The maximum atomic E-state index is 12.3. The lowest BCUT2D eigenvalue weighted by atomic mass is 10.0. The molecule has 1 N–H and O–H groups in total. The Morgan fingerprint density at radius 3 is 2.73 bits per heavy atom. The van der Waals surface area contributed by atoms with Crippen LogP contribution in [0, 0.1) is 13.8 Å². The minimum Gasteiger partial charge on any atom is -0.343 e. The largest absolute Gasteiger partial charge is 0.343 e. The standard InChI is InChI=1S/C16H17N5O/c1-10-6-4-5-7-13(10)12(3)18-15(22)14-19-16-17-9-8-11(2)21(16)20-14/h4-9,12H,1-3H3,(H,18,22). The molecule has 1 amide bonds. The molecule has 2 aromatic heterocycles. The van der Waals surface area contributed by atoms with E-state index < -0.39 is 0 Å². The number of nitrogens with zero attached hydrogens (tertiary/aromatic N) is 4. The van der Waals surface area contributed by atoms with E-state index in [9.17, 15) is 4.79 Å². The van der Waals surface area contributed by atoms with Gasteiger partial charge < -0.3 is 5.32 Å². The summed E-state index contributed by atoms with van der Waals surface area (Å²) in [7, 11) is 0. The van der Waals surface area contributed by atoms with Crippen molar-refractivity contribution in [2.75, 3.05) is 0 Å². The highest BCUT2D eigenvalue weighted by molar-refractivity contribution is 5.91. The van der Waals surface area contributed by atoms with Gasteiger partial charge in [0, 0.05) is 11.9 Å². The number of amides is 1. The maximum Gasteiger partial charge on any atom is 0.291 e. The van der Waals surface area contributed by atoms with Crippen LogP contribution in [0.25, 0.3) is 5.78 Å². The molecule has 1 aromatic carbocycles. The number of fused-ring (bicyclic) bond motifs is 1. The predicted octanol–water partition coefficient (Wildman–Crippen LogP) is 2.23. The number of carbonyl (C=O) groups is 1. The van der Waals surface area contributed by atoms with Crippen LogP contribution in [0.1, 0.15) is 40.4 Å². The Kier molecular flexibility index (Phi) is 3.58. The number of benzene rings is 1. The van der Waals surface area contributed by atoms with Gasteiger partial charge in [-0.25, -0.2) is 9.50 Å². The number of hydrogen-bond donors (Lipinski definition) is 1. The van der Waals surface area contributed by atoms with Crippen LogP contribution in [-0.2, 0) is 0 Å². The van der Waals surface area contributed by atoms with Gasteiger partial charge >= 0.3 is 0 Å². The molecule has 3 rings (SSSR count). The van der Waals surface area contributed by atoms with Crippen LogP contribution in [0.15, 0.2) is 36.5 Å². The van der Waals surface area contributed by atoms with Gasteiger partial charge in [0.1, 0.15) is 0 Å². The van der Waals surface area contributed by atoms with Crippen LogP contribution in [0.4, 0.5) is 0 Å². The van der Waals surface area contributed by atoms with Crippen LogP contribution in [0.5, 0.6) is 0 Å². The number of nitrogens with one attached hydrogen (secondary N) is 1. The summed E-state index contributed by atoms with van der Waals surface area (Å²) >= 11 is 0. The third-order valence-electron chi connectivity index (χ3n) is 3.64. The van der Waals surface area contributed by atoms with Crippen LogP contribution in [0.2, 0.25) is 0 Å². The molecule has 1 unspecified atom stereocenters. The van der Waals surface area contributed by atoms with Crippen LogP contribution < -0.4 is 5.32 Å². The Morgan fingerprint density at radius 2 is 2.00 bits per heavy atom. The van der Waals surface area contributed by atoms with Crippen molar-refractivity contribution >= 4 is 11.7 Å². The highest BCUT2D eigenvalue weighted by atomic mass is 16.2. The van der Waals surface area contributed by atoms with Crippen molar-refractivity contribution in [2.24, 2.45) is 0 Å². The quantitative estimate of drug-likeness (QED) is 0.804. The van der Waals surface area contributed by atoms with Gasteiger partial charge in [-0.1, -0.05) is 24.3 Å². The summed E-state index contributed by atoms with van der Waals surface area (Å²) in [5, 5.41) is 7.14. The summed E-state index contributed by atoms with van der Waals surface area (Å²) in [5.74, 6) is 0.247. The average Bonchev–Trinajstić information content (AvgIpc) is 2.93. The van der Waals surface area contributed by atoms with Gasteiger partial charge in [0.15, 0.2) is 0 Å². The van der Waals surface area contributed by atoms with E-state index in [0.29, 0.717) is 5.78 Å². The van der Waals surface area contributed by atoms with Gasteiger partial charge in [0.2, 0.25) is 5.82 Å². The molecule has 6 nitrogen and oxygen atoms in total. The summed E-state index contributed by atoms with van der Waals surface area (Å²) in [4.78, 5) is 20.6. The second kappa shape index (κ2) is 5.55. The van der Waals surface area contributed by atoms with Gasteiger partial charge in [-0.15, -0.1) is 5.10 Å².